The van der Waals surface area contributed by atoms with Gasteiger partial charge in [-0.1, -0.05) is 18.2 Å². The number of nitrogens with zero attached hydrogens (tertiary/aromatic N) is 4. The molecule has 0 N–H and O–H groups in total. The minimum atomic E-state index is -0.250. The molecule has 1 fully saturated rings. The second-order valence-corrected chi connectivity index (χ2v) is 6.70. The first kappa shape index (κ1) is 16.8. The molecule has 1 saturated heterocycles. The Morgan fingerprint density at radius 1 is 1.00 bits per heavy atom. The van der Waals surface area contributed by atoms with E-state index in [1.165, 1.54) is 12.1 Å². The van der Waals surface area contributed by atoms with Gasteiger partial charge in [0, 0.05) is 43.2 Å². The van der Waals surface area contributed by atoms with Crippen LogP contribution in [0, 0.1) is 5.82 Å². The van der Waals surface area contributed by atoms with Gasteiger partial charge in [0.1, 0.15) is 5.82 Å². The molecule has 0 spiro atoms. The van der Waals surface area contributed by atoms with Gasteiger partial charge in [-0.3, -0.25) is 19.9 Å². The van der Waals surface area contributed by atoms with E-state index in [4.69, 9.17) is 0 Å². The van der Waals surface area contributed by atoms with E-state index >= 15 is 0 Å². The lowest BCUT2D eigenvalue weighted by molar-refractivity contribution is 0.196. The normalized spacial score (nSPS) is 18.0. The van der Waals surface area contributed by atoms with Gasteiger partial charge in [-0.05, 0) is 43.7 Å². The lowest BCUT2D eigenvalue weighted by Crippen LogP contribution is -2.34. The molecular weight excluding hydrogens is 327 g/mol. The maximum Gasteiger partial charge on any atom is 0.123 e. The summed E-state index contributed by atoms with van der Waals surface area (Å²) in [4.78, 5) is 16.0. The van der Waals surface area contributed by atoms with Crippen LogP contribution in [-0.2, 0) is 6.54 Å². The van der Waals surface area contributed by atoms with Gasteiger partial charge in [-0.25, -0.2) is 4.39 Å². The molecule has 1 atom stereocenters. The van der Waals surface area contributed by atoms with Gasteiger partial charge in [0.05, 0.1) is 17.1 Å². The van der Waals surface area contributed by atoms with Crippen LogP contribution in [0.1, 0.15) is 30.1 Å². The molecule has 26 heavy (non-hydrogen) atoms. The third-order valence-corrected chi connectivity index (χ3v) is 4.83. The van der Waals surface area contributed by atoms with E-state index in [0.29, 0.717) is 5.92 Å². The molecule has 0 saturated carbocycles. The highest BCUT2D eigenvalue weighted by molar-refractivity contribution is 5.62. The second kappa shape index (κ2) is 7.70. The summed E-state index contributed by atoms with van der Waals surface area (Å²) in [5.74, 6) is 0.0407. The molecule has 0 radical (unpaired) electrons. The topological polar surface area (TPSA) is 41.9 Å². The van der Waals surface area contributed by atoms with Gasteiger partial charge >= 0.3 is 0 Å². The highest BCUT2D eigenvalue weighted by Gasteiger charge is 2.25. The first-order chi connectivity index (χ1) is 12.8. The largest absolute Gasteiger partial charge is 0.297 e. The van der Waals surface area contributed by atoms with Gasteiger partial charge in [0.15, 0.2) is 0 Å². The molecule has 3 aromatic rings. The van der Waals surface area contributed by atoms with Crippen molar-refractivity contribution >= 4 is 0 Å². The number of likely N-dealkylation sites (tertiary alicyclic amines) is 1. The van der Waals surface area contributed by atoms with Gasteiger partial charge in [-0.2, -0.15) is 0 Å². The third kappa shape index (κ3) is 3.78. The van der Waals surface area contributed by atoms with Crippen molar-refractivity contribution < 1.29 is 4.39 Å². The van der Waals surface area contributed by atoms with E-state index in [1.807, 2.05) is 24.4 Å². The van der Waals surface area contributed by atoms with Gasteiger partial charge in [-0.15, -0.1) is 0 Å². The zero-order valence-corrected chi connectivity index (χ0v) is 14.6. The predicted molar refractivity (Wildman–Crippen MR) is 98.9 cm³/mol. The molecule has 1 aliphatic heterocycles. The quantitative estimate of drug-likeness (QED) is 0.713. The van der Waals surface area contributed by atoms with Crippen molar-refractivity contribution in [3.8, 4) is 11.3 Å². The van der Waals surface area contributed by atoms with Crippen molar-refractivity contribution in [1.82, 2.24) is 19.9 Å². The number of piperidine rings is 1. The van der Waals surface area contributed by atoms with E-state index in [2.05, 4.69) is 25.9 Å². The summed E-state index contributed by atoms with van der Waals surface area (Å²) in [6.45, 7) is 2.81. The van der Waals surface area contributed by atoms with Crippen molar-refractivity contribution in [2.75, 3.05) is 13.1 Å². The van der Waals surface area contributed by atoms with Crippen molar-refractivity contribution in [2.45, 2.75) is 25.3 Å². The fraction of sp³-hybridized carbons (Fsp3) is 0.286. The number of halogens is 1. The minimum absolute atomic E-state index is 0.250. The zero-order chi connectivity index (χ0) is 17.8. The number of aromatic nitrogens is 3. The Balaban J connectivity index is 1.57. The predicted octanol–water partition coefficient (Wildman–Crippen LogP) is 4.06. The lowest BCUT2D eigenvalue weighted by Gasteiger charge is -2.32. The molecule has 0 bridgehead atoms. The first-order valence-electron chi connectivity index (χ1n) is 8.99. The average molecular weight is 348 g/mol. The van der Waals surface area contributed by atoms with E-state index < -0.39 is 0 Å². The number of pyridine rings is 1. The Morgan fingerprint density at radius 3 is 2.77 bits per heavy atom. The summed E-state index contributed by atoms with van der Waals surface area (Å²) in [5, 5.41) is 0. The average Bonchev–Trinajstić information content (AvgIpc) is 2.69. The zero-order valence-electron chi connectivity index (χ0n) is 14.6. The maximum absolute atomic E-state index is 13.7. The van der Waals surface area contributed by atoms with Crippen LogP contribution in [0.2, 0.25) is 0 Å². The van der Waals surface area contributed by atoms with E-state index in [9.17, 15) is 4.39 Å². The van der Waals surface area contributed by atoms with Gasteiger partial charge in [0.2, 0.25) is 0 Å². The molecule has 3 heterocycles. The number of benzene rings is 1. The molecular formula is C21H21FN4. The van der Waals surface area contributed by atoms with Crippen molar-refractivity contribution in [3.05, 3.63) is 78.3 Å². The second-order valence-electron chi connectivity index (χ2n) is 6.70. The lowest BCUT2D eigenvalue weighted by atomic mass is 9.91. The van der Waals surface area contributed by atoms with E-state index in [0.717, 1.165) is 55.1 Å². The van der Waals surface area contributed by atoms with Crippen LogP contribution in [0.15, 0.2) is 61.1 Å². The van der Waals surface area contributed by atoms with Crippen molar-refractivity contribution in [3.63, 3.8) is 0 Å². The molecule has 1 aliphatic rings. The summed E-state index contributed by atoms with van der Waals surface area (Å²) in [7, 11) is 0. The van der Waals surface area contributed by atoms with Crippen molar-refractivity contribution in [1.29, 1.82) is 0 Å². The fourth-order valence-corrected chi connectivity index (χ4v) is 3.65. The highest BCUT2D eigenvalue weighted by Crippen LogP contribution is 2.32. The Bertz CT molecular complexity index is 869. The Kier molecular flexibility index (Phi) is 4.97. The van der Waals surface area contributed by atoms with E-state index in [-0.39, 0.29) is 5.82 Å². The molecule has 0 aliphatic carbocycles. The smallest absolute Gasteiger partial charge is 0.123 e. The Hall–Kier alpha value is -2.66. The molecule has 5 heteroatoms. The minimum Gasteiger partial charge on any atom is -0.297 e. The molecule has 4 nitrogen and oxygen atoms in total. The monoisotopic (exact) mass is 348 g/mol. The Labute approximate surface area is 152 Å². The molecule has 0 unspecified atom stereocenters. The maximum atomic E-state index is 13.7. The molecule has 4 rings (SSSR count). The van der Waals surface area contributed by atoms with Crippen LogP contribution in [0.4, 0.5) is 4.39 Å². The summed E-state index contributed by atoms with van der Waals surface area (Å²) in [6, 6.07) is 12.6. The molecule has 132 valence electrons. The van der Waals surface area contributed by atoms with E-state index in [1.54, 1.807) is 18.5 Å². The van der Waals surface area contributed by atoms with Crippen LogP contribution in [0.25, 0.3) is 11.3 Å². The van der Waals surface area contributed by atoms with Crippen LogP contribution < -0.4 is 0 Å². The van der Waals surface area contributed by atoms with Crippen LogP contribution in [-0.4, -0.2) is 32.9 Å². The van der Waals surface area contributed by atoms with Crippen LogP contribution >= 0.6 is 0 Å². The van der Waals surface area contributed by atoms with Gasteiger partial charge < -0.3 is 0 Å². The standard InChI is InChI=1S/C21H21FN4/c22-18-7-3-5-16(13-18)20-21(25-11-10-24-20)17-6-4-12-26(14-17)15-19-8-1-2-9-23-19/h1-3,5,7-11,13,17H,4,6,12,14-15H2/t17-/m0/s1. The number of rotatable bonds is 4. The number of hydrogen-bond donors (Lipinski definition) is 0. The third-order valence-electron chi connectivity index (χ3n) is 4.83. The summed E-state index contributed by atoms with van der Waals surface area (Å²) >= 11 is 0. The SMILES string of the molecule is Fc1cccc(-c2nccnc2[C@H]2CCCN(Cc3ccccn3)C2)c1. The highest BCUT2D eigenvalue weighted by atomic mass is 19.1. The first-order valence-corrected chi connectivity index (χ1v) is 8.99. The molecule has 0 amide bonds. The molecule has 1 aromatic carbocycles. The molecule has 2 aromatic heterocycles. The van der Waals surface area contributed by atoms with Crippen LogP contribution in [0.5, 0.6) is 0 Å². The summed E-state index contributed by atoms with van der Waals surface area (Å²) in [6.07, 6.45) is 7.42. The summed E-state index contributed by atoms with van der Waals surface area (Å²) in [5.41, 5.74) is 3.62. The summed E-state index contributed by atoms with van der Waals surface area (Å²) < 4.78 is 13.7. The fourth-order valence-electron chi connectivity index (χ4n) is 3.65. The van der Waals surface area contributed by atoms with Crippen LogP contribution in [0.3, 0.4) is 0 Å². The number of hydrogen-bond acceptors (Lipinski definition) is 4. The van der Waals surface area contributed by atoms with Gasteiger partial charge in [0.25, 0.3) is 0 Å². The van der Waals surface area contributed by atoms with Crippen molar-refractivity contribution in [2.24, 2.45) is 0 Å². The Morgan fingerprint density at radius 2 is 1.92 bits per heavy atom.